The Morgan fingerprint density at radius 1 is 1.44 bits per heavy atom. The van der Waals surface area contributed by atoms with Crippen molar-refractivity contribution >= 4 is 10.0 Å². The molecule has 1 aliphatic carbocycles. The van der Waals surface area contributed by atoms with Crippen LogP contribution >= 0.6 is 0 Å². The third-order valence-electron chi connectivity index (χ3n) is 2.20. The van der Waals surface area contributed by atoms with Gasteiger partial charge in [-0.15, -0.1) is 0 Å². The third-order valence-corrected chi connectivity index (χ3v) is 3.15. The molecule has 0 heterocycles. The molecule has 1 fully saturated rings. The Bertz CT molecular complexity index is 556. The van der Waals surface area contributed by atoms with Gasteiger partial charge in [-0.05, 0) is 31.0 Å². The SMILES string of the molecule is N#Cc1ccc(S(N)(=O)=O)c(OC2CC2)c1. The first-order chi connectivity index (χ1) is 7.50. The molecule has 0 bridgehead atoms. The van der Waals surface area contributed by atoms with E-state index < -0.39 is 10.0 Å². The first-order valence-electron chi connectivity index (χ1n) is 4.74. The van der Waals surface area contributed by atoms with Gasteiger partial charge in [0.2, 0.25) is 10.0 Å². The number of hydrogen-bond donors (Lipinski definition) is 1. The lowest BCUT2D eigenvalue weighted by Crippen LogP contribution is -2.14. The molecule has 1 aromatic carbocycles. The lowest BCUT2D eigenvalue weighted by Gasteiger charge is -2.09. The molecule has 2 N–H and O–H groups in total. The van der Waals surface area contributed by atoms with E-state index in [1.165, 1.54) is 18.2 Å². The van der Waals surface area contributed by atoms with Crippen molar-refractivity contribution in [3.05, 3.63) is 23.8 Å². The van der Waals surface area contributed by atoms with Crippen molar-refractivity contribution in [3.63, 3.8) is 0 Å². The molecule has 84 valence electrons. The zero-order valence-corrected chi connectivity index (χ0v) is 9.20. The van der Waals surface area contributed by atoms with Crippen molar-refractivity contribution in [1.82, 2.24) is 0 Å². The number of ether oxygens (including phenoxy) is 1. The second-order valence-electron chi connectivity index (χ2n) is 3.64. The number of nitrogens with two attached hydrogens (primary N) is 1. The molecule has 1 aromatic rings. The largest absolute Gasteiger partial charge is 0.489 e. The van der Waals surface area contributed by atoms with Crippen LogP contribution in [0.3, 0.4) is 0 Å². The minimum absolute atomic E-state index is 0.0504. The van der Waals surface area contributed by atoms with Crippen LogP contribution in [-0.2, 0) is 10.0 Å². The van der Waals surface area contributed by atoms with Gasteiger partial charge in [0.25, 0.3) is 0 Å². The van der Waals surface area contributed by atoms with Crippen LogP contribution in [0.5, 0.6) is 5.75 Å². The highest BCUT2D eigenvalue weighted by atomic mass is 32.2. The first-order valence-corrected chi connectivity index (χ1v) is 6.29. The Morgan fingerprint density at radius 3 is 2.62 bits per heavy atom. The van der Waals surface area contributed by atoms with Crippen LogP contribution in [0, 0.1) is 11.3 Å². The van der Waals surface area contributed by atoms with Crippen molar-refractivity contribution < 1.29 is 13.2 Å². The zero-order valence-electron chi connectivity index (χ0n) is 8.38. The molecule has 0 amide bonds. The number of hydrogen-bond acceptors (Lipinski definition) is 4. The van der Waals surface area contributed by atoms with Crippen molar-refractivity contribution in [2.24, 2.45) is 5.14 Å². The Balaban J connectivity index is 2.47. The van der Waals surface area contributed by atoms with Gasteiger partial charge in [0.1, 0.15) is 10.6 Å². The summed E-state index contributed by atoms with van der Waals surface area (Å²) in [5.74, 6) is 0.170. The minimum Gasteiger partial charge on any atom is -0.489 e. The van der Waals surface area contributed by atoms with Crippen molar-refractivity contribution in [1.29, 1.82) is 5.26 Å². The van der Waals surface area contributed by atoms with E-state index in [-0.39, 0.29) is 16.7 Å². The fraction of sp³-hybridized carbons (Fsp3) is 0.300. The van der Waals surface area contributed by atoms with Crippen LogP contribution in [0.25, 0.3) is 0 Å². The van der Waals surface area contributed by atoms with Crippen LogP contribution < -0.4 is 9.88 Å². The summed E-state index contributed by atoms with van der Waals surface area (Å²) in [4.78, 5) is -0.0709. The molecule has 16 heavy (non-hydrogen) atoms. The molecule has 0 saturated heterocycles. The molecule has 0 spiro atoms. The van der Waals surface area contributed by atoms with Gasteiger partial charge in [-0.3, -0.25) is 0 Å². The molecule has 0 atom stereocenters. The maximum absolute atomic E-state index is 11.3. The summed E-state index contributed by atoms with van der Waals surface area (Å²) in [6.45, 7) is 0. The minimum atomic E-state index is -3.81. The van der Waals surface area contributed by atoms with Gasteiger partial charge in [0.15, 0.2) is 0 Å². The number of primary sulfonamides is 1. The van der Waals surface area contributed by atoms with E-state index in [1.807, 2.05) is 6.07 Å². The molecule has 0 aromatic heterocycles. The van der Waals surface area contributed by atoms with Crippen LogP contribution in [0.1, 0.15) is 18.4 Å². The van der Waals surface area contributed by atoms with E-state index in [4.69, 9.17) is 15.1 Å². The molecule has 1 saturated carbocycles. The quantitative estimate of drug-likeness (QED) is 0.840. The zero-order chi connectivity index (χ0) is 11.8. The molecule has 0 radical (unpaired) electrons. The summed E-state index contributed by atoms with van der Waals surface area (Å²) in [5, 5.41) is 13.8. The highest BCUT2D eigenvalue weighted by Gasteiger charge is 2.26. The van der Waals surface area contributed by atoms with Gasteiger partial charge < -0.3 is 4.74 Å². The fourth-order valence-corrected chi connectivity index (χ4v) is 1.92. The number of nitrogens with zero attached hydrogens (tertiary/aromatic N) is 1. The van der Waals surface area contributed by atoms with E-state index in [9.17, 15) is 8.42 Å². The smallest absolute Gasteiger partial charge is 0.241 e. The van der Waals surface area contributed by atoms with Gasteiger partial charge in [-0.25, -0.2) is 13.6 Å². The van der Waals surface area contributed by atoms with Crippen molar-refractivity contribution in [2.75, 3.05) is 0 Å². The Kier molecular flexibility index (Phi) is 2.58. The lowest BCUT2D eigenvalue weighted by molar-refractivity contribution is 0.295. The summed E-state index contributed by atoms with van der Waals surface area (Å²) >= 11 is 0. The van der Waals surface area contributed by atoms with E-state index in [1.54, 1.807) is 0 Å². The summed E-state index contributed by atoms with van der Waals surface area (Å²) in [6.07, 6.45) is 1.86. The molecule has 0 aliphatic heterocycles. The average Bonchev–Trinajstić information content (AvgIpc) is 3.00. The number of nitriles is 1. The number of benzene rings is 1. The molecular formula is C10H10N2O3S. The van der Waals surface area contributed by atoms with E-state index in [0.717, 1.165) is 12.8 Å². The summed E-state index contributed by atoms with van der Waals surface area (Å²) in [5.41, 5.74) is 0.350. The average molecular weight is 238 g/mol. The number of sulfonamides is 1. The maximum Gasteiger partial charge on any atom is 0.241 e. The van der Waals surface area contributed by atoms with Crippen molar-refractivity contribution in [2.45, 2.75) is 23.8 Å². The van der Waals surface area contributed by atoms with Crippen LogP contribution in [0.2, 0.25) is 0 Å². The van der Waals surface area contributed by atoms with Gasteiger partial charge in [0.05, 0.1) is 17.7 Å². The van der Waals surface area contributed by atoms with Crippen LogP contribution in [-0.4, -0.2) is 14.5 Å². The Morgan fingerprint density at radius 2 is 2.12 bits per heavy atom. The summed E-state index contributed by atoms with van der Waals surface area (Å²) in [6, 6.07) is 6.02. The predicted molar refractivity (Wildman–Crippen MR) is 56.2 cm³/mol. The molecule has 5 nitrogen and oxygen atoms in total. The molecule has 0 unspecified atom stereocenters. The first kappa shape index (κ1) is 10.9. The molecule has 1 aliphatic rings. The highest BCUT2D eigenvalue weighted by molar-refractivity contribution is 7.89. The monoisotopic (exact) mass is 238 g/mol. The Hall–Kier alpha value is -1.58. The topological polar surface area (TPSA) is 93.2 Å². The molecule has 6 heteroatoms. The van der Waals surface area contributed by atoms with Crippen molar-refractivity contribution in [3.8, 4) is 11.8 Å². The lowest BCUT2D eigenvalue weighted by atomic mass is 10.2. The molecule has 2 rings (SSSR count). The normalized spacial score (nSPS) is 15.5. The summed E-state index contributed by atoms with van der Waals surface area (Å²) in [7, 11) is -3.81. The predicted octanol–water partition coefficient (Wildman–Crippen LogP) is 0.747. The Labute approximate surface area is 93.5 Å². The second-order valence-corrected chi connectivity index (χ2v) is 5.17. The van der Waals surface area contributed by atoms with E-state index >= 15 is 0 Å². The molecular weight excluding hydrogens is 228 g/mol. The van der Waals surface area contributed by atoms with Crippen LogP contribution in [0.4, 0.5) is 0 Å². The van der Waals surface area contributed by atoms with E-state index in [0.29, 0.717) is 5.56 Å². The number of rotatable bonds is 3. The van der Waals surface area contributed by atoms with Crippen LogP contribution in [0.15, 0.2) is 23.1 Å². The standard InChI is InChI=1S/C10H10N2O3S/c11-6-7-1-4-10(16(12,13)14)9(5-7)15-8-2-3-8/h1,4-5,8H,2-3H2,(H2,12,13,14). The van der Waals surface area contributed by atoms with Gasteiger partial charge >= 0.3 is 0 Å². The van der Waals surface area contributed by atoms with Gasteiger partial charge in [-0.2, -0.15) is 5.26 Å². The fourth-order valence-electron chi connectivity index (χ4n) is 1.27. The second kappa shape index (κ2) is 3.77. The third kappa shape index (κ3) is 2.32. The van der Waals surface area contributed by atoms with Gasteiger partial charge in [0, 0.05) is 0 Å². The van der Waals surface area contributed by atoms with E-state index in [2.05, 4.69) is 0 Å². The maximum atomic E-state index is 11.3. The van der Waals surface area contributed by atoms with Gasteiger partial charge in [-0.1, -0.05) is 0 Å². The summed E-state index contributed by atoms with van der Waals surface area (Å²) < 4.78 is 28.0. The highest BCUT2D eigenvalue weighted by Crippen LogP contribution is 2.31.